The molecule has 1 heterocycles. The van der Waals surface area contributed by atoms with E-state index in [1.807, 2.05) is 19.1 Å². The van der Waals surface area contributed by atoms with Crippen LogP contribution in [0.3, 0.4) is 0 Å². The second-order valence-corrected chi connectivity index (χ2v) is 10.2. The van der Waals surface area contributed by atoms with Crippen LogP contribution in [0.15, 0.2) is 56.7 Å². The van der Waals surface area contributed by atoms with E-state index in [9.17, 15) is 13.2 Å². The van der Waals surface area contributed by atoms with Crippen LogP contribution in [-0.4, -0.2) is 44.7 Å². The van der Waals surface area contributed by atoms with Crippen molar-refractivity contribution in [2.75, 3.05) is 20.3 Å². The molecule has 0 N–H and O–H groups in total. The van der Waals surface area contributed by atoms with Crippen molar-refractivity contribution in [3.05, 3.63) is 58.5 Å². The average Bonchev–Trinajstić information content (AvgIpc) is 3.12. The number of methoxy groups -OCH3 is 1. The first-order valence-corrected chi connectivity index (χ1v) is 13.5. The van der Waals surface area contributed by atoms with Crippen LogP contribution in [0.4, 0.5) is 0 Å². The Morgan fingerprint density at radius 3 is 2.41 bits per heavy atom. The van der Waals surface area contributed by atoms with Crippen LogP contribution in [0.25, 0.3) is 6.08 Å². The highest BCUT2D eigenvalue weighted by Crippen LogP contribution is 2.35. The second-order valence-electron chi connectivity index (χ2n) is 7.62. The lowest BCUT2D eigenvalue weighted by atomic mass is 10.2. The zero-order valence-electron chi connectivity index (χ0n) is 19.9. The molecule has 9 heteroatoms. The Kier molecular flexibility index (Phi) is 8.79. The molecular formula is C25H30N2O5S2. The summed E-state index contributed by atoms with van der Waals surface area (Å²) >= 11 is 1.05. The summed E-state index contributed by atoms with van der Waals surface area (Å²) < 4.78 is 40.9. The number of hydrogen-bond acceptors (Lipinski definition) is 6. The van der Waals surface area contributed by atoms with Gasteiger partial charge in [-0.1, -0.05) is 38.5 Å². The summed E-state index contributed by atoms with van der Waals surface area (Å²) in [6.45, 7) is 6.78. The molecule has 0 radical (unpaired) electrons. The predicted molar refractivity (Wildman–Crippen MR) is 137 cm³/mol. The normalized spacial score (nSPS) is 16.5. The Morgan fingerprint density at radius 1 is 1.06 bits per heavy atom. The zero-order chi connectivity index (χ0) is 24.7. The molecule has 3 rings (SSSR count). The van der Waals surface area contributed by atoms with Gasteiger partial charge in [-0.15, -0.1) is 4.40 Å². The van der Waals surface area contributed by atoms with Gasteiger partial charge in [0.1, 0.15) is 0 Å². The molecule has 0 aromatic heterocycles. The van der Waals surface area contributed by atoms with E-state index in [4.69, 9.17) is 9.47 Å². The molecule has 0 unspecified atom stereocenters. The number of benzene rings is 2. The maximum Gasteiger partial charge on any atom is 0.284 e. The maximum absolute atomic E-state index is 13.0. The van der Waals surface area contributed by atoms with Crippen molar-refractivity contribution in [1.29, 1.82) is 0 Å². The van der Waals surface area contributed by atoms with Gasteiger partial charge in [-0.05, 0) is 73.0 Å². The monoisotopic (exact) mass is 502 g/mol. The number of carbonyl (C=O) groups excluding carboxylic acids is 1. The summed E-state index contributed by atoms with van der Waals surface area (Å²) in [5.41, 5.74) is 1.78. The fraction of sp³-hybridized carbons (Fsp3) is 0.360. The van der Waals surface area contributed by atoms with Crippen LogP contribution in [0.2, 0.25) is 0 Å². The standard InChI is InChI=1S/C25H30N2O5S2/c1-5-8-15-32-21-14-11-19(16-22(21)31-4)17-23-24(28)27(7-3)25(33-23)26-34(29,30)20-12-9-18(6-2)10-13-20/h9-14,16-17H,5-8,15H2,1-4H3/b23-17-,26-25?. The number of hydrogen-bond donors (Lipinski definition) is 0. The molecular weight excluding hydrogens is 472 g/mol. The molecule has 1 aliphatic heterocycles. The Morgan fingerprint density at radius 2 is 1.79 bits per heavy atom. The van der Waals surface area contributed by atoms with Gasteiger partial charge in [0.15, 0.2) is 16.7 Å². The number of likely N-dealkylation sites (N-methyl/N-ethyl adjacent to an activating group) is 1. The van der Waals surface area contributed by atoms with Gasteiger partial charge < -0.3 is 9.47 Å². The second kappa shape index (κ2) is 11.6. The number of nitrogens with zero attached hydrogens (tertiary/aromatic N) is 2. The topological polar surface area (TPSA) is 85.3 Å². The third kappa shape index (κ3) is 6.01. The van der Waals surface area contributed by atoms with E-state index < -0.39 is 10.0 Å². The van der Waals surface area contributed by atoms with E-state index >= 15 is 0 Å². The summed E-state index contributed by atoms with van der Waals surface area (Å²) in [6.07, 6.45) is 4.50. The van der Waals surface area contributed by atoms with Gasteiger partial charge in [-0.2, -0.15) is 8.42 Å². The van der Waals surface area contributed by atoms with Crippen LogP contribution >= 0.6 is 11.8 Å². The number of ether oxygens (including phenoxy) is 2. The van der Waals surface area contributed by atoms with Crippen LogP contribution in [0.5, 0.6) is 11.5 Å². The summed E-state index contributed by atoms with van der Waals surface area (Å²) in [5, 5.41) is 0.143. The molecule has 1 fully saturated rings. The van der Waals surface area contributed by atoms with Gasteiger partial charge in [0, 0.05) is 6.54 Å². The largest absolute Gasteiger partial charge is 0.493 e. The number of sulfonamides is 1. The first kappa shape index (κ1) is 25.8. The molecule has 34 heavy (non-hydrogen) atoms. The van der Waals surface area contributed by atoms with Crippen molar-refractivity contribution in [2.24, 2.45) is 4.40 Å². The fourth-order valence-electron chi connectivity index (χ4n) is 3.28. The van der Waals surface area contributed by atoms with Gasteiger partial charge in [0.05, 0.1) is 23.5 Å². The molecule has 0 aliphatic carbocycles. The van der Waals surface area contributed by atoms with Gasteiger partial charge in [0.2, 0.25) is 0 Å². The van der Waals surface area contributed by atoms with Gasteiger partial charge >= 0.3 is 0 Å². The van der Waals surface area contributed by atoms with E-state index in [0.717, 1.165) is 42.2 Å². The van der Waals surface area contributed by atoms with Gasteiger partial charge in [0.25, 0.3) is 15.9 Å². The first-order valence-electron chi connectivity index (χ1n) is 11.3. The number of unbranched alkanes of at least 4 members (excludes halogenated alkanes) is 1. The molecule has 2 aromatic rings. The summed E-state index contributed by atoms with van der Waals surface area (Å²) in [5.74, 6) is 0.923. The smallest absolute Gasteiger partial charge is 0.284 e. The molecule has 1 saturated heterocycles. The number of rotatable bonds is 10. The molecule has 1 amide bonds. The van der Waals surface area contributed by atoms with E-state index in [1.165, 1.54) is 4.90 Å². The lowest BCUT2D eigenvalue weighted by Crippen LogP contribution is -2.29. The average molecular weight is 503 g/mol. The fourth-order valence-corrected chi connectivity index (χ4v) is 5.52. The molecule has 2 aromatic carbocycles. The van der Waals surface area contributed by atoms with E-state index in [-0.39, 0.29) is 16.0 Å². The Bertz CT molecular complexity index is 1190. The number of amidine groups is 1. The maximum atomic E-state index is 13.0. The summed E-state index contributed by atoms with van der Waals surface area (Å²) in [4.78, 5) is 14.8. The number of thioether (sulfide) groups is 1. The van der Waals surface area contributed by atoms with Crippen LogP contribution in [-0.2, 0) is 21.2 Å². The van der Waals surface area contributed by atoms with Gasteiger partial charge in [-0.25, -0.2) is 0 Å². The molecule has 7 nitrogen and oxygen atoms in total. The van der Waals surface area contributed by atoms with Crippen LogP contribution in [0.1, 0.15) is 44.7 Å². The molecule has 0 atom stereocenters. The number of aryl methyl sites for hydroxylation is 1. The third-order valence-corrected chi connectivity index (χ3v) is 7.68. The van der Waals surface area contributed by atoms with Crippen molar-refractivity contribution in [3.63, 3.8) is 0 Å². The third-order valence-electron chi connectivity index (χ3n) is 5.27. The first-order chi connectivity index (χ1) is 16.3. The molecule has 1 aliphatic rings. The van der Waals surface area contributed by atoms with Gasteiger partial charge in [-0.3, -0.25) is 9.69 Å². The Labute approximate surface area is 205 Å². The molecule has 182 valence electrons. The molecule has 0 spiro atoms. The minimum Gasteiger partial charge on any atom is -0.493 e. The highest BCUT2D eigenvalue weighted by atomic mass is 32.2. The highest BCUT2D eigenvalue weighted by molar-refractivity contribution is 8.19. The Hall–Kier alpha value is -2.78. The van der Waals surface area contributed by atoms with Crippen molar-refractivity contribution in [1.82, 2.24) is 4.90 Å². The van der Waals surface area contributed by atoms with Crippen LogP contribution < -0.4 is 9.47 Å². The SMILES string of the molecule is CCCCOc1ccc(/C=C2\SC(=NS(=O)(=O)c3ccc(CC)cc3)N(CC)C2=O)cc1OC. The minimum absolute atomic E-state index is 0.0992. The summed E-state index contributed by atoms with van der Waals surface area (Å²) in [6, 6.07) is 12.1. The van der Waals surface area contributed by atoms with Crippen molar-refractivity contribution < 1.29 is 22.7 Å². The summed E-state index contributed by atoms with van der Waals surface area (Å²) in [7, 11) is -2.38. The molecule has 0 bridgehead atoms. The predicted octanol–water partition coefficient (Wildman–Crippen LogP) is 5.12. The minimum atomic E-state index is -3.95. The molecule has 0 saturated carbocycles. The highest BCUT2D eigenvalue weighted by Gasteiger charge is 2.34. The van der Waals surface area contributed by atoms with Crippen molar-refractivity contribution >= 4 is 38.9 Å². The lowest BCUT2D eigenvalue weighted by molar-refractivity contribution is -0.122. The number of amides is 1. The van der Waals surface area contributed by atoms with E-state index in [2.05, 4.69) is 11.3 Å². The van der Waals surface area contributed by atoms with E-state index in [0.29, 0.717) is 29.6 Å². The Balaban J connectivity index is 1.88. The van der Waals surface area contributed by atoms with E-state index in [1.54, 1.807) is 50.4 Å². The van der Waals surface area contributed by atoms with Crippen LogP contribution in [0, 0.1) is 0 Å². The number of carbonyl (C=O) groups is 1. The zero-order valence-corrected chi connectivity index (χ0v) is 21.5. The van der Waals surface area contributed by atoms with Crippen molar-refractivity contribution in [3.8, 4) is 11.5 Å². The van der Waals surface area contributed by atoms with Crippen molar-refractivity contribution in [2.45, 2.75) is 44.9 Å². The quantitative estimate of drug-likeness (QED) is 0.331. The lowest BCUT2D eigenvalue weighted by Gasteiger charge is -2.12.